The van der Waals surface area contributed by atoms with Crippen molar-refractivity contribution in [1.29, 1.82) is 0 Å². The summed E-state index contributed by atoms with van der Waals surface area (Å²) in [6.45, 7) is 1.15. The zero-order valence-corrected chi connectivity index (χ0v) is 13.6. The van der Waals surface area contributed by atoms with Gasteiger partial charge in [-0.05, 0) is 12.1 Å². The first-order valence-corrected chi connectivity index (χ1v) is 7.72. The van der Waals surface area contributed by atoms with E-state index in [2.05, 4.69) is 33.1 Å². The van der Waals surface area contributed by atoms with Gasteiger partial charge in [0.2, 0.25) is 0 Å². The van der Waals surface area contributed by atoms with Gasteiger partial charge < -0.3 is 14.7 Å². The lowest BCUT2D eigenvalue weighted by molar-refractivity contribution is 0.408. The number of hydrogen-bond acceptors (Lipinski definition) is 3. The molecule has 0 fully saturated rings. The summed E-state index contributed by atoms with van der Waals surface area (Å²) < 4.78 is 7.39. The number of rotatable bonds is 6. The van der Waals surface area contributed by atoms with E-state index in [9.17, 15) is 0 Å². The fourth-order valence-corrected chi connectivity index (χ4v) is 2.70. The predicted octanol–water partition coefficient (Wildman–Crippen LogP) is 3.41. The van der Waals surface area contributed by atoms with Crippen LogP contribution in [0.2, 0.25) is 0 Å². The average Bonchev–Trinajstić information content (AvgIpc) is 2.97. The largest absolute Gasteiger partial charge is 0.496 e. The molecule has 120 valence electrons. The van der Waals surface area contributed by atoms with Crippen molar-refractivity contribution >= 4 is 17.1 Å². The topological polar surface area (TPSA) is 38.5 Å². The van der Waals surface area contributed by atoms with Gasteiger partial charge in [-0.1, -0.05) is 42.3 Å². The normalized spacial score (nSPS) is 10.8. The van der Waals surface area contributed by atoms with Crippen LogP contribution in [0.4, 0.5) is 0 Å². The molecule has 0 unspecified atom stereocenters. The van der Waals surface area contributed by atoms with Crippen LogP contribution >= 0.6 is 0 Å². The molecule has 3 aromatic rings. The predicted molar refractivity (Wildman–Crippen MR) is 98.2 cm³/mol. The van der Waals surface area contributed by atoms with E-state index in [1.807, 2.05) is 48.8 Å². The van der Waals surface area contributed by atoms with Gasteiger partial charge in [0.25, 0.3) is 0 Å². The maximum absolute atomic E-state index is 5.45. The quantitative estimate of drug-likeness (QED) is 0.430. The summed E-state index contributed by atoms with van der Waals surface area (Å²) in [6, 6.07) is 16.0. The summed E-state index contributed by atoms with van der Waals surface area (Å²) in [5.74, 6) is 3.53. The molecule has 0 saturated carbocycles. The first-order chi connectivity index (χ1) is 11.8. The second kappa shape index (κ2) is 7.38. The van der Waals surface area contributed by atoms with Crippen molar-refractivity contribution in [3.8, 4) is 18.1 Å². The molecule has 1 N–H and O–H groups in total. The lowest BCUT2D eigenvalue weighted by Crippen LogP contribution is -2.06. The molecule has 0 atom stereocenters. The van der Waals surface area contributed by atoms with Gasteiger partial charge in [-0.2, -0.15) is 5.10 Å². The van der Waals surface area contributed by atoms with Gasteiger partial charge in [0.15, 0.2) is 0 Å². The van der Waals surface area contributed by atoms with Crippen molar-refractivity contribution in [3.63, 3.8) is 0 Å². The highest BCUT2D eigenvalue weighted by atomic mass is 16.5. The maximum Gasteiger partial charge on any atom is 0.123 e. The van der Waals surface area contributed by atoms with Gasteiger partial charge in [0, 0.05) is 28.2 Å². The molecule has 0 aliphatic rings. The molecule has 0 saturated heterocycles. The Morgan fingerprint density at radius 3 is 2.83 bits per heavy atom. The molecular formula is C20H19N3O. The van der Waals surface area contributed by atoms with E-state index in [-0.39, 0.29) is 0 Å². The van der Waals surface area contributed by atoms with E-state index in [0.29, 0.717) is 13.1 Å². The lowest BCUT2D eigenvalue weighted by Gasteiger charge is -2.07. The summed E-state index contributed by atoms with van der Waals surface area (Å²) in [7, 11) is 1.67. The fourth-order valence-electron chi connectivity index (χ4n) is 2.70. The molecule has 2 aromatic carbocycles. The summed E-state index contributed by atoms with van der Waals surface area (Å²) >= 11 is 0. The van der Waals surface area contributed by atoms with Crippen LogP contribution in [0.3, 0.4) is 0 Å². The van der Waals surface area contributed by atoms with E-state index in [1.54, 1.807) is 7.11 Å². The second-order valence-electron chi connectivity index (χ2n) is 5.34. The zero-order chi connectivity index (χ0) is 16.8. The number of hydrazone groups is 1. The number of nitrogens with one attached hydrogen (secondary N) is 1. The number of terminal acetylenes is 1. The number of ether oxygens (including phenoxy) is 1. The van der Waals surface area contributed by atoms with Crippen LogP contribution in [0.25, 0.3) is 10.9 Å². The number of aromatic nitrogens is 1. The highest BCUT2D eigenvalue weighted by molar-refractivity contribution is 5.99. The molecule has 4 heteroatoms. The number of benzene rings is 2. The smallest absolute Gasteiger partial charge is 0.123 e. The fraction of sp³-hybridized carbons (Fsp3) is 0.150. The first-order valence-electron chi connectivity index (χ1n) is 7.72. The Balaban J connectivity index is 1.75. The second-order valence-corrected chi connectivity index (χ2v) is 5.34. The molecule has 0 aliphatic heterocycles. The Morgan fingerprint density at radius 1 is 1.21 bits per heavy atom. The van der Waals surface area contributed by atoms with E-state index < -0.39 is 0 Å². The van der Waals surface area contributed by atoms with Gasteiger partial charge in [-0.3, -0.25) is 0 Å². The molecule has 3 rings (SSSR count). The Bertz CT molecular complexity index is 903. The highest BCUT2D eigenvalue weighted by Crippen LogP contribution is 2.20. The van der Waals surface area contributed by atoms with E-state index >= 15 is 0 Å². The SMILES string of the molecule is C#CCn1cc(/C=N/NCc2ccccc2OC)c2ccccc21. The standard InChI is InChI=1S/C20H19N3O/c1-3-12-23-15-17(18-9-5-6-10-19(18)23)14-22-21-13-16-8-4-7-11-20(16)24-2/h1,4-11,14-15,21H,12-13H2,2H3/b22-14+. The summed E-state index contributed by atoms with van der Waals surface area (Å²) in [5, 5.41) is 5.48. The Labute approximate surface area is 141 Å². The number of para-hydroxylation sites is 2. The highest BCUT2D eigenvalue weighted by Gasteiger charge is 2.05. The summed E-state index contributed by atoms with van der Waals surface area (Å²) in [4.78, 5) is 0. The molecule has 0 spiro atoms. The molecule has 0 aliphatic carbocycles. The average molecular weight is 317 g/mol. The zero-order valence-electron chi connectivity index (χ0n) is 13.6. The van der Waals surface area contributed by atoms with Crippen LogP contribution in [-0.4, -0.2) is 17.9 Å². The van der Waals surface area contributed by atoms with Crippen molar-refractivity contribution < 1.29 is 4.74 Å². The molecule has 0 radical (unpaired) electrons. The van der Waals surface area contributed by atoms with E-state index in [4.69, 9.17) is 11.2 Å². The number of nitrogens with zero attached hydrogens (tertiary/aromatic N) is 2. The molecule has 0 bridgehead atoms. The van der Waals surface area contributed by atoms with Crippen LogP contribution in [0.15, 0.2) is 59.8 Å². The van der Waals surface area contributed by atoms with Crippen LogP contribution in [0.1, 0.15) is 11.1 Å². The molecular weight excluding hydrogens is 298 g/mol. The van der Waals surface area contributed by atoms with Gasteiger partial charge in [0.1, 0.15) is 5.75 Å². The van der Waals surface area contributed by atoms with Crippen molar-refractivity contribution in [2.75, 3.05) is 7.11 Å². The van der Waals surface area contributed by atoms with Crippen LogP contribution < -0.4 is 10.2 Å². The lowest BCUT2D eigenvalue weighted by atomic mass is 10.2. The van der Waals surface area contributed by atoms with E-state index in [1.165, 1.54) is 0 Å². The van der Waals surface area contributed by atoms with E-state index in [0.717, 1.165) is 27.8 Å². The number of hydrogen-bond donors (Lipinski definition) is 1. The number of methoxy groups -OCH3 is 1. The molecule has 0 amide bonds. The van der Waals surface area contributed by atoms with Gasteiger partial charge in [0.05, 0.1) is 26.4 Å². The van der Waals surface area contributed by atoms with Crippen molar-refractivity contribution in [1.82, 2.24) is 9.99 Å². The maximum atomic E-state index is 5.45. The number of fused-ring (bicyclic) bond motifs is 1. The third-order valence-electron chi connectivity index (χ3n) is 3.84. The van der Waals surface area contributed by atoms with Crippen LogP contribution in [0.5, 0.6) is 5.75 Å². The molecule has 4 nitrogen and oxygen atoms in total. The van der Waals surface area contributed by atoms with Gasteiger partial charge >= 0.3 is 0 Å². The third-order valence-corrected chi connectivity index (χ3v) is 3.84. The van der Waals surface area contributed by atoms with Crippen molar-refractivity contribution in [2.24, 2.45) is 5.10 Å². The molecule has 1 aromatic heterocycles. The minimum absolute atomic E-state index is 0.545. The van der Waals surface area contributed by atoms with Crippen molar-refractivity contribution in [3.05, 3.63) is 65.9 Å². The summed E-state index contributed by atoms with van der Waals surface area (Å²) in [6.07, 6.45) is 9.30. The molecule has 1 heterocycles. The van der Waals surface area contributed by atoms with Crippen LogP contribution in [0, 0.1) is 12.3 Å². The Hall–Kier alpha value is -3.19. The molecule has 24 heavy (non-hydrogen) atoms. The minimum Gasteiger partial charge on any atom is -0.496 e. The third kappa shape index (κ3) is 3.26. The van der Waals surface area contributed by atoms with Crippen LogP contribution in [-0.2, 0) is 13.1 Å². The first kappa shape index (κ1) is 15.7. The summed E-state index contributed by atoms with van der Waals surface area (Å²) in [5.41, 5.74) is 6.28. The Morgan fingerprint density at radius 2 is 2.00 bits per heavy atom. The van der Waals surface area contributed by atoms with Gasteiger partial charge in [-0.25, -0.2) is 0 Å². The Kier molecular flexibility index (Phi) is 4.83. The van der Waals surface area contributed by atoms with Gasteiger partial charge in [-0.15, -0.1) is 6.42 Å². The minimum atomic E-state index is 0.545. The monoisotopic (exact) mass is 317 g/mol. The van der Waals surface area contributed by atoms with Crippen molar-refractivity contribution in [2.45, 2.75) is 13.1 Å².